The van der Waals surface area contributed by atoms with Gasteiger partial charge in [0, 0.05) is 30.3 Å². The number of carbonyl (C=O) groups excluding carboxylic acids is 3. The van der Waals surface area contributed by atoms with Gasteiger partial charge in [-0.25, -0.2) is 4.79 Å². The van der Waals surface area contributed by atoms with E-state index in [0.717, 1.165) is 4.90 Å². The zero-order valence-electron chi connectivity index (χ0n) is 17.1. The van der Waals surface area contributed by atoms with E-state index in [1.54, 1.807) is 29.2 Å². The molecule has 3 saturated heterocycles. The summed E-state index contributed by atoms with van der Waals surface area (Å²) >= 11 is 0. The van der Waals surface area contributed by atoms with E-state index in [0.29, 0.717) is 29.1 Å². The molecule has 0 aliphatic carbocycles. The first-order valence-electron chi connectivity index (χ1n) is 10.4. The molecule has 4 aliphatic rings. The van der Waals surface area contributed by atoms with Gasteiger partial charge in [-0.05, 0) is 36.6 Å². The fourth-order valence-corrected chi connectivity index (χ4v) is 5.30. The molecule has 4 aliphatic heterocycles. The summed E-state index contributed by atoms with van der Waals surface area (Å²) in [5.74, 6) is -5.21. The van der Waals surface area contributed by atoms with Crippen molar-refractivity contribution in [3.05, 3.63) is 53.3 Å². The lowest BCUT2D eigenvalue weighted by molar-refractivity contribution is -0.198. The van der Waals surface area contributed by atoms with E-state index in [1.165, 1.54) is 6.08 Å². The molecule has 8 nitrogen and oxygen atoms in total. The Hall–Kier alpha value is -3.63. The lowest BCUT2D eigenvalue weighted by Crippen LogP contribution is -2.74. The second-order valence-corrected chi connectivity index (χ2v) is 8.36. The fraction of sp³-hybridized carbons (Fsp3) is 0.364. The smallest absolute Gasteiger partial charge is 0.471 e. The Bertz CT molecular complexity index is 1140. The van der Waals surface area contributed by atoms with Gasteiger partial charge in [0.1, 0.15) is 11.7 Å². The third-order valence-electron chi connectivity index (χ3n) is 6.68. The SMILES string of the molecule is O=C(O)C1=C(/C=C2\CCN(c3ccccc3)C2=O)C2CCN(C(=O)C(F)(F)F)[C@@H]3C(=O)N1[C@H]23. The van der Waals surface area contributed by atoms with Gasteiger partial charge >= 0.3 is 18.1 Å². The van der Waals surface area contributed by atoms with Gasteiger partial charge in [-0.3, -0.25) is 19.3 Å². The number of anilines is 1. The second kappa shape index (κ2) is 7.19. The number of likely N-dealkylation sites (tertiary alicyclic amines) is 1. The highest BCUT2D eigenvalue weighted by atomic mass is 19.4. The first kappa shape index (κ1) is 21.2. The maximum atomic E-state index is 13.0. The van der Waals surface area contributed by atoms with Crippen molar-refractivity contribution in [1.29, 1.82) is 0 Å². The van der Waals surface area contributed by atoms with E-state index >= 15 is 0 Å². The number of allylic oxidation sites excluding steroid dienone is 1. The highest BCUT2D eigenvalue weighted by Crippen LogP contribution is 2.50. The summed E-state index contributed by atoms with van der Waals surface area (Å²) in [6.07, 6.45) is -3.24. The first-order chi connectivity index (χ1) is 15.6. The molecule has 0 bridgehead atoms. The summed E-state index contributed by atoms with van der Waals surface area (Å²) < 4.78 is 39.0. The van der Waals surface area contributed by atoms with Crippen LogP contribution in [0.25, 0.3) is 0 Å². The average molecular weight is 461 g/mol. The van der Waals surface area contributed by atoms with Crippen LogP contribution in [0, 0.1) is 5.92 Å². The molecule has 4 heterocycles. The van der Waals surface area contributed by atoms with Crippen LogP contribution in [-0.2, 0) is 19.2 Å². The number of carboxylic acid groups (broad SMARTS) is 1. The van der Waals surface area contributed by atoms with Crippen LogP contribution in [0.1, 0.15) is 12.8 Å². The summed E-state index contributed by atoms with van der Waals surface area (Å²) in [5, 5.41) is 9.78. The molecule has 3 fully saturated rings. The van der Waals surface area contributed by atoms with Crippen LogP contribution in [0.5, 0.6) is 0 Å². The molecule has 5 rings (SSSR count). The van der Waals surface area contributed by atoms with Crippen LogP contribution in [0.4, 0.5) is 18.9 Å². The number of piperidine rings is 1. The van der Waals surface area contributed by atoms with Gasteiger partial charge in [0.15, 0.2) is 0 Å². The number of rotatable bonds is 3. The van der Waals surface area contributed by atoms with Gasteiger partial charge in [0.2, 0.25) is 0 Å². The summed E-state index contributed by atoms with van der Waals surface area (Å²) in [5.41, 5.74) is 0.988. The van der Waals surface area contributed by atoms with Crippen LogP contribution in [0.15, 0.2) is 53.3 Å². The van der Waals surface area contributed by atoms with E-state index < -0.39 is 42.0 Å². The summed E-state index contributed by atoms with van der Waals surface area (Å²) in [4.78, 5) is 52.5. The number of hydrogen-bond acceptors (Lipinski definition) is 4. The first-order valence-corrected chi connectivity index (χ1v) is 10.4. The zero-order chi connectivity index (χ0) is 23.7. The Morgan fingerprint density at radius 3 is 2.42 bits per heavy atom. The Balaban J connectivity index is 1.47. The van der Waals surface area contributed by atoms with Crippen LogP contribution < -0.4 is 4.90 Å². The minimum atomic E-state index is -5.13. The molecular weight excluding hydrogens is 443 g/mol. The number of amides is 3. The highest BCUT2D eigenvalue weighted by molar-refractivity contribution is 6.09. The molecule has 0 spiro atoms. The van der Waals surface area contributed by atoms with Gasteiger partial charge in [-0.1, -0.05) is 18.2 Å². The molecule has 11 heteroatoms. The van der Waals surface area contributed by atoms with Gasteiger partial charge in [0.25, 0.3) is 11.8 Å². The lowest BCUT2D eigenvalue weighted by Gasteiger charge is -2.53. The number of nitrogens with zero attached hydrogens (tertiary/aromatic N) is 3. The number of benzene rings is 1. The van der Waals surface area contributed by atoms with E-state index in [-0.39, 0.29) is 30.1 Å². The number of para-hydroxylation sites is 1. The minimum absolute atomic E-state index is 0.0548. The van der Waals surface area contributed by atoms with E-state index in [9.17, 15) is 37.5 Å². The minimum Gasteiger partial charge on any atom is -0.477 e. The molecule has 3 amide bonds. The largest absolute Gasteiger partial charge is 0.477 e. The van der Waals surface area contributed by atoms with Crippen LogP contribution in [0.2, 0.25) is 0 Å². The molecule has 33 heavy (non-hydrogen) atoms. The number of β-lactam (4-membered cyclic amide) rings is 1. The third-order valence-corrected chi connectivity index (χ3v) is 6.68. The lowest BCUT2D eigenvalue weighted by atomic mass is 9.77. The summed E-state index contributed by atoms with van der Waals surface area (Å²) in [6.45, 7) is 0.0744. The van der Waals surface area contributed by atoms with Gasteiger partial charge < -0.3 is 14.9 Å². The van der Waals surface area contributed by atoms with Gasteiger partial charge in [-0.2, -0.15) is 13.2 Å². The number of carboxylic acids is 1. The van der Waals surface area contributed by atoms with Crippen molar-refractivity contribution in [2.24, 2.45) is 5.92 Å². The standard InChI is InChI=1S/C22H18F3N3O5/c23-22(24,25)21(33)27-9-7-13-14(16(20(31)32)28-15(13)17(27)19(28)30)10-11-6-8-26(18(11)29)12-4-2-1-3-5-12/h1-5,10,13,15,17H,6-9H2,(H,31,32)/b11-10+/t13?,15-,17+/m1/s1. The number of alkyl halides is 3. The number of carbonyl (C=O) groups is 4. The molecule has 1 aromatic rings. The Morgan fingerprint density at radius 2 is 1.79 bits per heavy atom. The van der Waals surface area contributed by atoms with Crippen molar-refractivity contribution < 1.29 is 37.5 Å². The van der Waals surface area contributed by atoms with Crippen molar-refractivity contribution >= 4 is 29.4 Å². The molecule has 1 aromatic carbocycles. The highest BCUT2D eigenvalue weighted by Gasteiger charge is 2.65. The van der Waals surface area contributed by atoms with Gasteiger partial charge in [0.05, 0.1) is 6.04 Å². The predicted octanol–water partition coefficient (Wildman–Crippen LogP) is 1.69. The van der Waals surface area contributed by atoms with E-state index in [1.807, 2.05) is 6.07 Å². The Morgan fingerprint density at radius 1 is 1.09 bits per heavy atom. The maximum absolute atomic E-state index is 13.0. The van der Waals surface area contributed by atoms with Crippen molar-refractivity contribution in [3.63, 3.8) is 0 Å². The third kappa shape index (κ3) is 3.05. The van der Waals surface area contributed by atoms with Crippen molar-refractivity contribution in [3.8, 4) is 0 Å². The van der Waals surface area contributed by atoms with Crippen LogP contribution in [-0.4, -0.2) is 69.9 Å². The molecule has 3 atom stereocenters. The second-order valence-electron chi connectivity index (χ2n) is 8.36. The van der Waals surface area contributed by atoms with Crippen molar-refractivity contribution in [2.45, 2.75) is 31.1 Å². The normalized spacial score (nSPS) is 27.9. The monoisotopic (exact) mass is 461 g/mol. The van der Waals surface area contributed by atoms with Gasteiger partial charge in [-0.15, -0.1) is 0 Å². The maximum Gasteiger partial charge on any atom is 0.471 e. The Labute approximate surface area is 185 Å². The predicted molar refractivity (Wildman–Crippen MR) is 106 cm³/mol. The molecule has 0 radical (unpaired) electrons. The topological polar surface area (TPSA) is 98.2 Å². The Kier molecular flexibility index (Phi) is 4.62. The molecule has 0 aromatic heterocycles. The number of halogens is 3. The quantitative estimate of drug-likeness (QED) is 0.546. The molecular formula is C22H18F3N3O5. The van der Waals surface area contributed by atoms with Crippen LogP contribution in [0.3, 0.4) is 0 Å². The zero-order valence-corrected chi connectivity index (χ0v) is 17.1. The van der Waals surface area contributed by atoms with Crippen molar-refractivity contribution in [1.82, 2.24) is 9.80 Å². The number of hydrogen-bond donors (Lipinski definition) is 1. The average Bonchev–Trinajstić information content (AvgIpc) is 3.29. The molecule has 1 N–H and O–H groups in total. The van der Waals surface area contributed by atoms with E-state index in [4.69, 9.17) is 0 Å². The summed E-state index contributed by atoms with van der Waals surface area (Å²) in [7, 11) is 0. The number of aliphatic carboxylic acids is 1. The molecule has 172 valence electrons. The van der Waals surface area contributed by atoms with E-state index in [2.05, 4.69) is 0 Å². The fourth-order valence-electron chi connectivity index (χ4n) is 5.30. The molecule has 1 unspecified atom stereocenters. The van der Waals surface area contributed by atoms with Crippen LogP contribution >= 0.6 is 0 Å². The molecule has 0 saturated carbocycles. The van der Waals surface area contributed by atoms with Crippen molar-refractivity contribution in [2.75, 3.05) is 18.0 Å². The summed E-state index contributed by atoms with van der Waals surface area (Å²) in [6, 6.07) is 6.72.